The van der Waals surface area contributed by atoms with Crippen LogP contribution in [-0.4, -0.2) is 25.5 Å². The van der Waals surface area contributed by atoms with Gasteiger partial charge in [-0.15, -0.1) is 0 Å². The maximum Gasteiger partial charge on any atom is 0.276 e. The molecule has 0 bridgehead atoms. The summed E-state index contributed by atoms with van der Waals surface area (Å²) in [5, 5.41) is 11.9. The molecule has 2 aromatic heterocycles. The van der Waals surface area contributed by atoms with Gasteiger partial charge in [0.25, 0.3) is 5.91 Å². The molecule has 4 rings (SSSR count). The molecule has 4 aromatic rings. The molecule has 2 aromatic carbocycles. The number of anilines is 1. The quantitative estimate of drug-likeness (QED) is 0.351. The Balaban J connectivity index is 1.29. The molecule has 0 spiro atoms. The standard InChI is InChI=1S/C22H19BrClN5O3/c1-15-10-19(6-7-20(15)24)32-13-28-9-8-21(27-28)22(30)26-17-11-25-29(12-17)14-31-18-4-2-16(23)3-5-18/h2-12H,13-14H2,1H3,(H,26,30). The lowest BCUT2D eigenvalue weighted by molar-refractivity contribution is 0.102. The fraction of sp³-hybridized carbons (Fsp3) is 0.136. The Labute approximate surface area is 197 Å². The Bertz CT molecular complexity index is 1220. The highest BCUT2D eigenvalue weighted by atomic mass is 79.9. The highest BCUT2D eigenvalue weighted by molar-refractivity contribution is 9.10. The predicted molar refractivity (Wildman–Crippen MR) is 124 cm³/mol. The second-order valence-electron chi connectivity index (χ2n) is 6.87. The normalized spacial score (nSPS) is 10.7. The van der Waals surface area contributed by atoms with Crippen LogP contribution in [0.3, 0.4) is 0 Å². The largest absolute Gasteiger partial charge is 0.471 e. The third-order valence-corrected chi connectivity index (χ3v) is 5.39. The Hall–Kier alpha value is -3.30. The number of hydrogen-bond acceptors (Lipinski definition) is 5. The van der Waals surface area contributed by atoms with Crippen LogP contribution in [0.1, 0.15) is 16.1 Å². The van der Waals surface area contributed by atoms with Gasteiger partial charge < -0.3 is 14.8 Å². The molecule has 0 unspecified atom stereocenters. The topological polar surface area (TPSA) is 83.2 Å². The molecule has 164 valence electrons. The van der Waals surface area contributed by atoms with Gasteiger partial charge >= 0.3 is 0 Å². The number of nitrogens with one attached hydrogen (secondary N) is 1. The van der Waals surface area contributed by atoms with Gasteiger partial charge in [0.2, 0.25) is 0 Å². The monoisotopic (exact) mass is 515 g/mol. The number of halogens is 2. The summed E-state index contributed by atoms with van der Waals surface area (Å²) < 4.78 is 15.4. The Morgan fingerprint density at radius 1 is 1.06 bits per heavy atom. The molecule has 0 atom stereocenters. The average molecular weight is 517 g/mol. The van der Waals surface area contributed by atoms with E-state index in [2.05, 4.69) is 31.4 Å². The summed E-state index contributed by atoms with van der Waals surface area (Å²) in [6.07, 6.45) is 4.90. The van der Waals surface area contributed by atoms with Gasteiger partial charge in [0.05, 0.1) is 18.1 Å². The van der Waals surface area contributed by atoms with Crippen molar-refractivity contribution in [1.82, 2.24) is 19.6 Å². The van der Waals surface area contributed by atoms with Crippen molar-refractivity contribution in [3.63, 3.8) is 0 Å². The maximum absolute atomic E-state index is 12.5. The van der Waals surface area contributed by atoms with Crippen molar-refractivity contribution in [3.05, 3.63) is 87.9 Å². The number of aromatic nitrogens is 4. The van der Waals surface area contributed by atoms with Gasteiger partial charge in [-0.2, -0.15) is 10.2 Å². The minimum Gasteiger partial charge on any atom is -0.471 e. The number of carbonyl (C=O) groups is 1. The van der Waals surface area contributed by atoms with Gasteiger partial charge in [-0.25, -0.2) is 9.36 Å². The first-order chi connectivity index (χ1) is 15.5. The first kappa shape index (κ1) is 21.9. The van der Waals surface area contributed by atoms with Gasteiger partial charge in [-0.3, -0.25) is 4.79 Å². The Morgan fingerprint density at radius 2 is 1.78 bits per heavy atom. The van der Waals surface area contributed by atoms with Gasteiger partial charge in [-0.05, 0) is 61.0 Å². The molecular formula is C22H19BrClN5O3. The molecule has 0 saturated heterocycles. The van der Waals surface area contributed by atoms with E-state index < -0.39 is 0 Å². The maximum atomic E-state index is 12.5. The van der Waals surface area contributed by atoms with Crippen molar-refractivity contribution in [3.8, 4) is 11.5 Å². The molecule has 10 heteroatoms. The first-order valence-corrected chi connectivity index (χ1v) is 10.8. The van der Waals surface area contributed by atoms with Crippen LogP contribution < -0.4 is 14.8 Å². The summed E-state index contributed by atoms with van der Waals surface area (Å²) in [6, 6.07) is 14.5. The molecule has 0 saturated carbocycles. The Kier molecular flexibility index (Phi) is 6.77. The van der Waals surface area contributed by atoms with Gasteiger partial charge in [0, 0.05) is 15.7 Å². The molecule has 0 aliphatic heterocycles. The third-order valence-electron chi connectivity index (χ3n) is 4.43. The van der Waals surface area contributed by atoms with Gasteiger partial charge in [-0.1, -0.05) is 27.5 Å². The van der Waals surface area contributed by atoms with Gasteiger partial charge in [0.15, 0.2) is 19.2 Å². The van der Waals surface area contributed by atoms with E-state index in [1.165, 1.54) is 4.68 Å². The van der Waals surface area contributed by atoms with Crippen LogP contribution >= 0.6 is 27.5 Å². The number of nitrogens with zero attached hydrogens (tertiary/aromatic N) is 4. The van der Waals surface area contributed by atoms with Gasteiger partial charge in [0.1, 0.15) is 11.5 Å². The van der Waals surface area contributed by atoms with Crippen molar-refractivity contribution in [2.75, 3.05) is 5.32 Å². The van der Waals surface area contributed by atoms with E-state index in [0.29, 0.717) is 16.5 Å². The van der Waals surface area contributed by atoms with Crippen LogP contribution in [0.15, 0.2) is 71.6 Å². The summed E-state index contributed by atoms with van der Waals surface area (Å²) in [7, 11) is 0. The number of carbonyl (C=O) groups excluding carboxylic acids is 1. The Morgan fingerprint density at radius 3 is 2.56 bits per heavy atom. The first-order valence-electron chi connectivity index (χ1n) is 9.61. The molecular weight excluding hydrogens is 498 g/mol. The molecule has 0 radical (unpaired) electrons. The lowest BCUT2D eigenvalue weighted by atomic mass is 10.2. The predicted octanol–water partition coefficient (Wildman–Crippen LogP) is 5.13. The van der Waals surface area contributed by atoms with Crippen molar-refractivity contribution in [2.45, 2.75) is 20.4 Å². The second-order valence-corrected chi connectivity index (χ2v) is 8.20. The van der Waals surface area contributed by atoms with E-state index in [4.69, 9.17) is 21.1 Å². The number of ether oxygens (including phenoxy) is 2. The smallest absolute Gasteiger partial charge is 0.276 e. The van der Waals surface area contributed by atoms with E-state index in [-0.39, 0.29) is 25.1 Å². The summed E-state index contributed by atoms with van der Waals surface area (Å²) in [5.41, 5.74) is 1.73. The third kappa shape index (κ3) is 5.68. The van der Waals surface area contributed by atoms with E-state index in [1.54, 1.807) is 41.5 Å². The average Bonchev–Trinajstić information content (AvgIpc) is 3.44. The van der Waals surface area contributed by atoms with Crippen molar-refractivity contribution >= 4 is 39.1 Å². The molecule has 8 nitrogen and oxygen atoms in total. The number of amides is 1. The fourth-order valence-electron chi connectivity index (χ4n) is 2.77. The van der Waals surface area contributed by atoms with E-state index in [9.17, 15) is 4.79 Å². The minimum atomic E-state index is -0.348. The second kappa shape index (κ2) is 9.88. The highest BCUT2D eigenvalue weighted by Crippen LogP contribution is 2.21. The van der Waals surface area contributed by atoms with E-state index in [0.717, 1.165) is 15.8 Å². The molecule has 0 fully saturated rings. The lowest BCUT2D eigenvalue weighted by Crippen LogP contribution is -2.14. The zero-order valence-electron chi connectivity index (χ0n) is 17.0. The summed E-state index contributed by atoms with van der Waals surface area (Å²) in [6.45, 7) is 2.29. The zero-order valence-corrected chi connectivity index (χ0v) is 19.4. The van der Waals surface area contributed by atoms with Crippen LogP contribution in [0.5, 0.6) is 11.5 Å². The highest BCUT2D eigenvalue weighted by Gasteiger charge is 2.11. The number of rotatable bonds is 8. The van der Waals surface area contributed by atoms with E-state index >= 15 is 0 Å². The summed E-state index contributed by atoms with van der Waals surface area (Å²) in [4.78, 5) is 12.5. The van der Waals surface area contributed by atoms with Crippen molar-refractivity contribution in [2.24, 2.45) is 0 Å². The van der Waals surface area contributed by atoms with Crippen molar-refractivity contribution in [1.29, 1.82) is 0 Å². The molecule has 32 heavy (non-hydrogen) atoms. The van der Waals surface area contributed by atoms with Crippen LogP contribution in [-0.2, 0) is 13.5 Å². The number of aryl methyl sites for hydroxylation is 1. The van der Waals surface area contributed by atoms with Crippen LogP contribution in [0.2, 0.25) is 5.02 Å². The SMILES string of the molecule is Cc1cc(OCn2ccc(C(=O)Nc3cnn(COc4ccc(Br)cc4)c3)n2)ccc1Cl. The molecule has 0 aliphatic rings. The number of benzene rings is 2. The molecule has 0 aliphatic carbocycles. The fourth-order valence-corrected chi connectivity index (χ4v) is 3.15. The van der Waals surface area contributed by atoms with Crippen LogP contribution in [0.25, 0.3) is 0 Å². The molecule has 1 N–H and O–H groups in total. The molecule has 1 amide bonds. The van der Waals surface area contributed by atoms with Crippen LogP contribution in [0.4, 0.5) is 5.69 Å². The lowest BCUT2D eigenvalue weighted by Gasteiger charge is -2.07. The van der Waals surface area contributed by atoms with Crippen LogP contribution in [0, 0.1) is 6.92 Å². The minimum absolute atomic E-state index is 0.166. The number of hydrogen-bond donors (Lipinski definition) is 1. The van der Waals surface area contributed by atoms with Crippen molar-refractivity contribution < 1.29 is 14.3 Å². The summed E-state index contributed by atoms with van der Waals surface area (Å²) >= 11 is 9.40. The van der Waals surface area contributed by atoms with E-state index in [1.807, 2.05) is 37.3 Å². The zero-order chi connectivity index (χ0) is 22.5. The summed E-state index contributed by atoms with van der Waals surface area (Å²) in [5.74, 6) is 1.04. The molecule has 2 heterocycles.